The highest BCUT2D eigenvalue weighted by atomic mass is 16.5. The summed E-state index contributed by atoms with van der Waals surface area (Å²) in [6.45, 7) is 6.15. The molecule has 0 heterocycles. The predicted octanol–water partition coefficient (Wildman–Crippen LogP) is 4.70. The van der Waals surface area contributed by atoms with Gasteiger partial charge in [0.1, 0.15) is 6.61 Å². The lowest BCUT2D eigenvalue weighted by Crippen LogP contribution is -2.46. The summed E-state index contributed by atoms with van der Waals surface area (Å²) in [7, 11) is 0. The number of aliphatic carboxylic acids is 1. The largest absolute Gasteiger partial charge is 0.481 e. The first-order valence-electron chi connectivity index (χ1n) is 11.8. The molecule has 182 valence electrons. The van der Waals surface area contributed by atoms with Gasteiger partial charge in [0.15, 0.2) is 0 Å². The van der Waals surface area contributed by atoms with Crippen LogP contribution in [0.3, 0.4) is 0 Å². The molecule has 0 spiro atoms. The zero-order valence-corrected chi connectivity index (χ0v) is 20.1. The monoisotopic (exact) mass is 466 g/mol. The van der Waals surface area contributed by atoms with E-state index in [4.69, 9.17) is 9.84 Å². The molecule has 0 aromatic heterocycles. The number of fused-ring (bicyclic) bond motifs is 3. The Bertz CT molecular complexity index is 988. The summed E-state index contributed by atoms with van der Waals surface area (Å²) in [5.74, 6) is -1.22. The van der Waals surface area contributed by atoms with E-state index in [1.807, 2.05) is 45.0 Å². The molecule has 34 heavy (non-hydrogen) atoms. The second-order valence-corrected chi connectivity index (χ2v) is 9.56. The van der Waals surface area contributed by atoms with Crippen LogP contribution >= 0.6 is 0 Å². The summed E-state index contributed by atoms with van der Waals surface area (Å²) in [5.41, 5.74) is 4.13. The normalized spacial score (nSPS) is 13.5. The van der Waals surface area contributed by atoms with E-state index in [0.717, 1.165) is 0 Å². The number of carbonyl (C=O) groups is 3. The third-order valence-electron chi connectivity index (χ3n) is 6.30. The molecule has 0 saturated heterocycles. The fraction of sp³-hybridized carbons (Fsp3) is 0.444. The first kappa shape index (κ1) is 25.3. The van der Waals surface area contributed by atoms with Gasteiger partial charge in [-0.25, -0.2) is 4.79 Å². The van der Waals surface area contributed by atoms with Gasteiger partial charge in [-0.2, -0.15) is 0 Å². The van der Waals surface area contributed by atoms with Gasteiger partial charge in [0.05, 0.1) is 0 Å². The number of hydrogen-bond acceptors (Lipinski definition) is 4. The zero-order chi connectivity index (χ0) is 24.7. The Labute approximate surface area is 200 Å². The molecule has 1 aliphatic carbocycles. The van der Waals surface area contributed by atoms with Gasteiger partial charge in [-0.15, -0.1) is 0 Å². The molecule has 3 rings (SSSR count). The molecule has 0 saturated carbocycles. The molecule has 0 fully saturated rings. The molecule has 7 nitrogen and oxygen atoms in total. The highest BCUT2D eigenvalue weighted by molar-refractivity contribution is 5.79. The van der Waals surface area contributed by atoms with Crippen LogP contribution in [-0.4, -0.2) is 41.8 Å². The fourth-order valence-corrected chi connectivity index (χ4v) is 4.32. The van der Waals surface area contributed by atoms with Crippen molar-refractivity contribution in [3.63, 3.8) is 0 Å². The Balaban J connectivity index is 1.39. The molecule has 2 amide bonds. The number of hydrogen-bond donors (Lipinski definition) is 3. The molecule has 0 bridgehead atoms. The fourth-order valence-electron chi connectivity index (χ4n) is 4.32. The second kappa shape index (κ2) is 11.2. The lowest BCUT2D eigenvalue weighted by atomic mass is 9.96. The van der Waals surface area contributed by atoms with Crippen molar-refractivity contribution in [3.05, 3.63) is 59.7 Å². The van der Waals surface area contributed by atoms with E-state index < -0.39 is 17.6 Å². The summed E-state index contributed by atoms with van der Waals surface area (Å²) in [5, 5.41) is 14.5. The maximum Gasteiger partial charge on any atom is 0.407 e. The molecule has 2 aromatic rings. The lowest BCUT2D eigenvalue weighted by Gasteiger charge is -2.27. The molecule has 0 radical (unpaired) electrons. The first-order chi connectivity index (χ1) is 16.2. The van der Waals surface area contributed by atoms with Crippen molar-refractivity contribution >= 4 is 18.0 Å². The summed E-state index contributed by atoms with van der Waals surface area (Å²) in [6, 6.07) is 16.4. The van der Waals surface area contributed by atoms with Gasteiger partial charge < -0.3 is 20.5 Å². The van der Waals surface area contributed by atoms with Crippen molar-refractivity contribution in [1.82, 2.24) is 10.6 Å². The topological polar surface area (TPSA) is 105 Å². The maximum atomic E-state index is 12.4. The van der Waals surface area contributed by atoms with E-state index in [1.54, 1.807) is 0 Å². The third-order valence-corrected chi connectivity index (χ3v) is 6.30. The second-order valence-electron chi connectivity index (χ2n) is 9.56. The van der Waals surface area contributed by atoms with Crippen LogP contribution in [-0.2, 0) is 14.3 Å². The summed E-state index contributed by atoms with van der Waals surface area (Å²) < 4.78 is 5.53. The summed E-state index contributed by atoms with van der Waals surface area (Å²) in [6.07, 6.45) is 1.14. The molecule has 2 aromatic carbocycles. The number of ether oxygens (including phenoxy) is 1. The van der Waals surface area contributed by atoms with Gasteiger partial charge in [0.25, 0.3) is 0 Å². The Kier molecular flexibility index (Phi) is 8.31. The Morgan fingerprint density at radius 1 is 1.03 bits per heavy atom. The van der Waals surface area contributed by atoms with Crippen molar-refractivity contribution in [2.24, 2.45) is 5.92 Å². The molecule has 3 N–H and O–H groups in total. The van der Waals surface area contributed by atoms with Crippen LogP contribution < -0.4 is 10.6 Å². The van der Waals surface area contributed by atoms with Crippen LogP contribution in [0, 0.1) is 5.92 Å². The summed E-state index contributed by atoms with van der Waals surface area (Å²) >= 11 is 0. The lowest BCUT2D eigenvalue weighted by molar-refractivity contribution is -0.138. The van der Waals surface area contributed by atoms with E-state index in [0.29, 0.717) is 25.8 Å². The third kappa shape index (κ3) is 6.59. The number of nitrogens with one attached hydrogen (secondary N) is 2. The molecule has 7 heteroatoms. The number of rotatable bonds is 11. The van der Waals surface area contributed by atoms with Gasteiger partial charge in [-0.3, -0.25) is 9.59 Å². The number of carboxylic acids is 1. The quantitative estimate of drug-likeness (QED) is 0.416. The van der Waals surface area contributed by atoms with E-state index in [9.17, 15) is 14.4 Å². The van der Waals surface area contributed by atoms with Crippen LogP contribution in [0.1, 0.15) is 63.5 Å². The molecule has 1 aliphatic rings. The minimum absolute atomic E-state index is 0.00567. The molecule has 0 aliphatic heterocycles. The van der Waals surface area contributed by atoms with Gasteiger partial charge in [0, 0.05) is 30.3 Å². The standard InChI is InChI=1S/C27H34N2O5/c1-18(25(32)29-27(2,3)15-14-24(30)31)9-8-16-28-26(33)34-17-23-21-12-6-4-10-19(21)20-11-5-7-13-22(20)23/h4-7,10-13,18,23H,8-9,14-17H2,1-3H3,(H,28,33)(H,29,32)(H,30,31). The highest BCUT2D eigenvalue weighted by Crippen LogP contribution is 2.44. The molecule has 1 atom stereocenters. The van der Waals surface area contributed by atoms with E-state index >= 15 is 0 Å². The van der Waals surface area contributed by atoms with Crippen molar-refractivity contribution in [1.29, 1.82) is 0 Å². The highest BCUT2D eigenvalue weighted by Gasteiger charge is 2.29. The molecular formula is C27H34N2O5. The van der Waals surface area contributed by atoms with Crippen molar-refractivity contribution in [2.45, 2.75) is 57.9 Å². The van der Waals surface area contributed by atoms with Gasteiger partial charge in [-0.05, 0) is 55.4 Å². The average molecular weight is 467 g/mol. The van der Waals surface area contributed by atoms with E-state index in [1.165, 1.54) is 22.3 Å². The Morgan fingerprint density at radius 3 is 2.21 bits per heavy atom. The minimum Gasteiger partial charge on any atom is -0.481 e. The van der Waals surface area contributed by atoms with Crippen LogP contribution in [0.25, 0.3) is 11.1 Å². The number of amides is 2. The summed E-state index contributed by atoms with van der Waals surface area (Å²) in [4.78, 5) is 35.4. The van der Waals surface area contributed by atoms with E-state index in [-0.39, 0.29) is 30.8 Å². The SMILES string of the molecule is CC(CCCNC(=O)OCC1c2ccccc2-c2ccccc21)C(=O)NC(C)(C)CCC(=O)O. The van der Waals surface area contributed by atoms with Crippen molar-refractivity contribution in [2.75, 3.05) is 13.2 Å². The molecule has 1 unspecified atom stereocenters. The number of alkyl carbamates (subject to hydrolysis) is 1. The average Bonchev–Trinajstić information content (AvgIpc) is 3.12. The van der Waals surface area contributed by atoms with E-state index in [2.05, 4.69) is 34.9 Å². The van der Waals surface area contributed by atoms with Gasteiger partial charge in [-0.1, -0.05) is 55.5 Å². The number of benzene rings is 2. The first-order valence-corrected chi connectivity index (χ1v) is 11.8. The van der Waals surface area contributed by atoms with Crippen LogP contribution in [0.15, 0.2) is 48.5 Å². The van der Waals surface area contributed by atoms with Crippen LogP contribution in [0.5, 0.6) is 0 Å². The Hall–Kier alpha value is -3.35. The zero-order valence-electron chi connectivity index (χ0n) is 20.1. The number of carboxylic acid groups (broad SMARTS) is 1. The minimum atomic E-state index is -0.880. The van der Waals surface area contributed by atoms with Crippen LogP contribution in [0.4, 0.5) is 4.79 Å². The molecular weight excluding hydrogens is 432 g/mol. The van der Waals surface area contributed by atoms with Gasteiger partial charge in [0.2, 0.25) is 5.91 Å². The Morgan fingerprint density at radius 2 is 1.62 bits per heavy atom. The smallest absolute Gasteiger partial charge is 0.407 e. The van der Waals surface area contributed by atoms with Crippen molar-refractivity contribution < 1.29 is 24.2 Å². The van der Waals surface area contributed by atoms with Crippen LogP contribution in [0.2, 0.25) is 0 Å². The van der Waals surface area contributed by atoms with Gasteiger partial charge >= 0.3 is 12.1 Å². The maximum absolute atomic E-state index is 12.4. The van der Waals surface area contributed by atoms with Crippen molar-refractivity contribution in [3.8, 4) is 11.1 Å². The predicted molar refractivity (Wildman–Crippen MR) is 131 cm³/mol. The number of carbonyl (C=O) groups excluding carboxylic acids is 2.